The Labute approximate surface area is 293 Å². The Bertz CT molecular complexity index is 2110. The Morgan fingerprint density at radius 1 is 0.735 bits per heavy atom. The molecule has 0 radical (unpaired) electrons. The third-order valence-electron chi connectivity index (χ3n) is 8.75. The van der Waals surface area contributed by atoms with Gasteiger partial charge in [0.15, 0.2) is 5.78 Å². The first-order valence-corrected chi connectivity index (χ1v) is 18.2. The smallest absolute Gasteiger partial charge is 0.264 e. The zero-order chi connectivity index (χ0) is 35.3. The van der Waals surface area contributed by atoms with E-state index in [0.29, 0.717) is 22.7 Å². The van der Waals surface area contributed by atoms with Gasteiger partial charge in [0.2, 0.25) is 5.91 Å². The zero-order valence-corrected chi connectivity index (χ0v) is 29.7. The van der Waals surface area contributed by atoms with Crippen LogP contribution in [0.5, 0.6) is 0 Å². The number of Topliss-reactive ketones (excluding diaryl/α,β-unsaturated/α-hetero) is 1. The van der Waals surface area contributed by atoms with E-state index in [9.17, 15) is 18.0 Å². The lowest BCUT2D eigenvalue weighted by Gasteiger charge is -2.19. The van der Waals surface area contributed by atoms with E-state index in [0.717, 1.165) is 38.9 Å². The lowest BCUT2D eigenvalue weighted by molar-refractivity contribution is -0.117. The quantitative estimate of drug-likeness (QED) is 0.100. The number of anilines is 1. The van der Waals surface area contributed by atoms with Crippen LogP contribution in [0, 0.1) is 27.7 Å². The summed E-state index contributed by atoms with van der Waals surface area (Å²) in [7, 11) is -4.12. The highest BCUT2D eigenvalue weighted by molar-refractivity contribution is 7.85. The second kappa shape index (κ2) is 15.3. The fourth-order valence-electron chi connectivity index (χ4n) is 6.17. The van der Waals surface area contributed by atoms with E-state index in [1.54, 1.807) is 18.2 Å². The summed E-state index contributed by atoms with van der Waals surface area (Å²) in [6, 6.07) is 33.2. The van der Waals surface area contributed by atoms with E-state index in [1.807, 2.05) is 48.5 Å². The monoisotopic (exact) mass is 693 g/mol. The first kappa shape index (κ1) is 35.7. The maximum absolute atomic E-state index is 14.0. The van der Waals surface area contributed by atoms with Crippen molar-refractivity contribution in [3.05, 3.63) is 147 Å². The van der Waals surface area contributed by atoms with Crippen LogP contribution in [0.15, 0.2) is 103 Å². The van der Waals surface area contributed by atoms with E-state index in [-0.39, 0.29) is 24.5 Å². The molecule has 0 aliphatic rings. The standard InChI is InChI=1S/C41H40ClNO5S/c1-26-7-18-35(28(3)22-26)31-13-15-32(16-14-31)38(24-30-9-11-33(12-10-30)40(44)6-5-21-49(46,47)48)41(45)43-34-17-20-37(39(42)25-34)36-19-8-27(2)23-29(36)4/h7-20,22-23,25,38H,5-6,21,24H2,1-4H3,(H,43,45)(H,46,47,48). The van der Waals surface area contributed by atoms with E-state index in [4.69, 9.17) is 16.2 Å². The van der Waals surface area contributed by atoms with E-state index < -0.39 is 21.8 Å². The van der Waals surface area contributed by atoms with Crippen molar-refractivity contribution in [3.8, 4) is 22.3 Å². The molecule has 1 amide bonds. The molecule has 49 heavy (non-hydrogen) atoms. The summed E-state index contributed by atoms with van der Waals surface area (Å²) in [5, 5.41) is 3.62. The van der Waals surface area contributed by atoms with Gasteiger partial charge < -0.3 is 5.32 Å². The van der Waals surface area contributed by atoms with E-state index in [1.165, 1.54) is 16.7 Å². The molecular formula is C41H40ClNO5S. The number of benzene rings is 5. The summed E-state index contributed by atoms with van der Waals surface area (Å²) >= 11 is 6.76. The van der Waals surface area contributed by atoms with Crippen LogP contribution in [0.3, 0.4) is 0 Å². The Morgan fingerprint density at radius 3 is 1.90 bits per heavy atom. The van der Waals surface area contributed by atoms with Gasteiger partial charge >= 0.3 is 0 Å². The van der Waals surface area contributed by atoms with E-state index in [2.05, 4.69) is 69.4 Å². The molecule has 0 spiro atoms. The molecule has 6 nitrogen and oxygen atoms in total. The van der Waals surface area contributed by atoms with Gasteiger partial charge in [0.1, 0.15) is 0 Å². The second-order valence-electron chi connectivity index (χ2n) is 12.7. The normalized spacial score (nSPS) is 12.0. The van der Waals surface area contributed by atoms with Crippen molar-refractivity contribution in [1.29, 1.82) is 0 Å². The number of amides is 1. The van der Waals surface area contributed by atoms with Crippen molar-refractivity contribution >= 4 is 39.1 Å². The predicted octanol–water partition coefficient (Wildman–Crippen LogP) is 9.72. The number of carbonyl (C=O) groups is 2. The molecule has 0 aliphatic carbocycles. The topological polar surface area (TPSA) is 101 Å². The molecule has 1 unspecified atom stereocenters. The Hall–Kier alpha value is -4.56. The van der Waals surface area contributed by atoms with Crippen molar-refractivity contribution in [2.75, 3.05) is 11.1 Å². The minimum atomic E-state index is -4.12. The molecule has 8 heteroatoms. The SMILES string of the molecule is Cc1ccc(-c2ccc(C(Cc3ccc(C(=O)CCCS(=O)(=O)O)cc3)C(=O)Nc3ccc(-c4ccc(C)cc4C)c(Cl)c3)cc2)c(C)c1. The predicted molar refractivity (Wildman–Crippen MR) is 199 cm³/mol. The average Bonchev–Trinajstić information content (AvgIpc) is 3.04. The molecule has 0 saturated heterocycles. The molecule has 0 saturated carbocycles. The fraction of sp³-hybridized carbons (Fsp3) is 0.220. The van der Waals surface area contributed by atoms with Crippen molar-refractivity contribution in [1.82, 2.24) is 0 Å². The van der Waals surface area contributed by atoms with E-state index >= 15 is 0 Å². The minimum Gasteiger partial charge on any atom is -0.326 e. The summed E-state index contributed by atoms with van der Waals surface area (Å²) < 4.78 is 31.0. The highest BCUT2D eigenvalue weighted by Gasteiger charge is 2.23. The summed E-state index contributed by atoms with van der Waals surface area (Å²) in [6.07, 6.45) is 0.414. The molecule has 252 valence electrons. The van der Waals surface area contributed by atoms with Gasteiger partial charge in [-0.1, -0.05) is 114 Å². The van der Waals surface area contributed by atoms with Crippen LogP contribution in [0.25, 0.3) is 22.3 Å². The molecule has 5 rings (SSSR count). The number of ketones is 1. The zero-order valence-electron chi connectivity index (χ0n) is 28.1. The molecule has 5 aromatic rings. The maximum Gasteiger partial charge on any atom is 0.264 e. The third-order valence-corrected chi connectivity index (χ3v) is 9.87. The average molecular weight is 694 g/mol. The number of aryl methyl sites for hydroxylation is 4. The van der Waals surface area contributed by atoms with Gasteiger partial charge in [-0.05, 0) is 91.6 Å². The van der Waals surface area contributed by atoms with Crippen LogP contribution in [0.1, 0.15) is 62.5 Å². The first-order chi connectivity index (χ1) is 23.3. The van der Waals surface area contributed by atoms with Gasteiger partial charge in [-0.2, -0.15) is 8.42 Å². The first-order valence-electron chi connectivity index (χ1n) is 16.2. The van der Waals surface area contributed by atoms with Crippen LogP contribution in [0.4, 0.5) is 5.69 Å². The molecule has 5 aromatic carbocycles. The Balaban J connectivity index is 1.39. The molecule has 0 aliphatic heterocycles. The Kier molecular flexibility index (Phi) is 11.2. The summed E-state index contributed by atoms with van der Waals surface area (Å²) in [5.74, 6) is -1.43. The van der Waals surface area contributed by atoms with Crippen LogP contribution in [0.2, 0.25) is 5.02 Å². The lowest BCUT2D eigenvalue weighted by Crippen LogP contribution is -2.23. The van der Waals surface area contributed by atoms with Gasteiger partial charge in [0, 0.05) is 23.2 Å². The lowest BCUT2D eigenvalue weighted by atomic mass is 9.89. The highest BCUT2D eigenvalue weighted by atomic mass is 35.5. The largest absolute Gasteiger partial charge is 0.326 e. The summed E-state index contributed by atoms with van der Waals surface area (Å²) in [5.41, 5.74) is 11.5. The third kappa shape index (κ3) is 9.33. The number of rotatable bonds is 12. The highest BCUT2D eigenvalue weighted by Crippen LogP contribution is 2.34. The van der Waals surface area contributed by atoms with Crippen LogP contribution < -0.4 is 5.32 Å². The second-order valence-corrected chi connectivity index (χ2v) is 14.7. The van der Waals surface area contributed by atoms with Crippen molar-refractivity contribution in [2.24, 2.45) is 0 Å². The summed E-state index contributed by atoms with van der Waals surface area (Å²) in [6.45, 7) is 8.26. The number of hydrogen-bond acceptors (Lipinski definition) is 4. The van der Waals surface area contributed by atoms with Crippen LogP contribution >= 0.6 is 11.6 Å². The van der Waals surface area contributed by atoms with Crippen LogP contribution in [-0.2, 0) is 21.3 Å². The maximum atomic E-state index is 14.0. The van der Waals surface area contributed by atoms with Crippen LogP contribution in [-0.4, -0.2) is 30.4 Å². The number of hydrogen-bond donors (Lipinski definition) is 2. The fourth-order valence-corrected chi connectivity index (χ4v) is 6.96. The van der Waals surface area contributed by atoms with Gasteiger partial charge in [-0.25, -0.2) is 0 Å². The van der Waals surface area contributed by atoms with Gasteiger partial charge in [-0.3, -0.25) is 14.1 Å². The van der Waals surface area contributed by atoms with Crippen molar-refractivity contribution in [3.63, 3.8) is 0 Å². The van der Waals surface area contributed by atoms with Gasteiger partial charge in [-0.15, -0.1) is 0 Å². The Morgan fingerprint density at radius 2 is 1.33 bits per heavy atom. The number of carbonyl (C=O) groups excluding carboxylic acids is 2. The molecule has 0 heterocycles. The molecular weight excluding hydrogens is 654 g/mol. The molecule has 0 fully saturated rings. The van der Waals surface area contributed by atoms with Crippen molar-refractivity contribution < 1.29 is 22.6 Å². The molecule has 1 atom stereocenters. The van der Waals surface area contributed by atoms with Gasteiger partial charge in [0.05, 0.1) is 16.7 Å². The number of halogens is 1. The molecule has 0 aromatic heterocycles. The molecule has 0 bridgehead atoms. The number of nitrogens with one attached hydrogen (secondary N) is 1. The molecule has 2 N–H and O–H groups in total. The summed E-state index contributed by atoms with van der Waals surface area (Å²) in [4.78, 5) is 26.6. The van der Waals surface area contributed by atoms with Gasteiger partial charge in [0.25, 0.3) is 10.1 Å². The van der Waals surface area contributed by atoms with Crippen molar-refractivity contribution in [2.45, 2.75) is 52.9 Å². The minimum absolute atomic E-state index is 0.00179.